The van der Waals surface area contributed by atoms with E-state index in [4.69, 9.17) is 14.2 Å². The van der Waals surface area contributed by atoms with E-state index in [1.807, 2.05) is 18.2 Å². The van der Waals surface area contributed by atoms with Gasteiger partial charge in [0.05, 0.1) is 19.0 Å². The number of hydrogen-bond donors (Lipinski definition) is 0. The maximum absolute atomic E-state index is 14.3. The van der Waals surface area contributed by atoms with E-state index in [9.17, 15) is 8.78 Å². The fourth-order valence-electron chi connectivity index (χ4n) is 3.97. The molecule has 0 bridgehead atoms. The van der Waals surface area contributed by atoms with Gasteiger partial charge in [0, 0.05) is 19.4 Å². The highest BCUT2D eigenvalue weighted by atomic mass is 19.2. The van der Waals surface area contributed by atoms with Crippen LogP contribution in [0.15, 0.2) is 59.1 Å². The predicted octanol–water partition coefficient (Wildman–Crippen LogP) is 6.21. The predicted molar refractivity (Wildman–Crippen MR) is 106 cm³/mol. The third-order valence-corrected chi connectivity index (χ3v) is 5.75. The van der Waals surface area contributed by atoms with Crippen LogP contribution in [-0.4, -0.2) is 26.4 Å². The first-order chi connectivity index (χ1) is 13.6. The average Bonchev–Trinajstić information content (AvgIpc) is 2.74. The summed E-state index contributed by atoms with van der Waals surface area (Å²) >= 11 is 0. The number of methoxy groups -OCH3 is 1. The van der Waals surface area contributed by atoms with Gasteiger partial charge in [-0.15, -0.1) is 6.58 Å². The van der Waals surface area contributed by atoms with Gasteiger partial charge in [-0.1, -0.05) is 12.2 Å². The molecular weight excluding hydrogens is 362 g/mol. The molecule has 0 saturated carbocycles. The summed E-state index contributed by atoms with van der Waals surface area (Å²) in [5, 5.41) is 0. The van der Waals surface area contributed by atoms with Crippen LogP contribution in [0.2, 0.25) is 0 Å². The third kappa shape index (κ3) is 5.13. The van der Waals surface area contributed by atoms with Gasteiger partial charge in [0.15, 0.2) is 11.7 Å². The Hall–Kier alpha value is -1.88. The highest BCUT2D eigenvalue weighted by molar-refractivity contribution is 5.45. The molecule has 2 atom stereocenters. The summed E-state index contributed by atoms with van der Waals surface area (Å²) in [7, 11) is 1.37. The van der Waals surface area contributed by atoms with Gasteiger partial charge in [-0.25, -0.2) is 8.78 Å². The molecule has 3 rings (SSSR count). The van der Waals surface area contributed by atoms with Gasteiger partial charge in [0.25, 0.3) is 0 Å². The van der Waals surface area contributed by atoms with Gasteiger partial charge in [0.1, 0.15) is 12.4 Å². The van der Waals surface area contributed by atoms with Crippen molar-refractivity contribution in [1.29, 1.82) is 0 Å². The summed E-state index contributed by atoms with van der Waals surface area (Å²) in [5.74, 6) is -0.0476. The van der Waals surface area contributed by atoms with Gasteiger partial charge < -0.3 is 14.2 Å². The van der Waals surface area contributed by atoms with Crippen LogP contribution in [0, 0.1) is 5.92 Å². The molecule has 3 nitrogen and oxygen atoms in total. The molecule has 3 aliphatic rings. The van der Waals surface area contributed by atoms with E-state index in [2.05, 4.69) is 6.58 Å². The zero-order valence-electron chi connectivity index (χ0n) is 16.6. The van der Waals surface area contributed by atoms with Crippen LogP contribution in [-0.2, 0) is 14.2 Å². The SMILES string of the molecule is C=CCCC1CCC(COC2=CC=C(C3=C(F)C(F)=C(OC)CC3)CC2)OC1. The molecule has 0 aromatic rings. The summed E-state index contributed by atoms with van der Waals surface area (Å²) in [6, 6.07) is 0. The van der Waals surface area contributed by atoms with E-state index in [0.29, 0.717) is 43.8 Å². The molecule has 0 amide bonds. The molecule has 1 saturated heterocycles. The molecule has 0 spiro atoms. The lowest BCUT2D eigenvalue weighted by molar-refractivity contribution is -0.0512. The summed E-state index contributed by atoms with van der Waals surface area (Å²) in [5.41, 5.74) is 1.30. The molecule has 1 fully saturated rings. The van der Waals surface area contributed by atoms with Crippen LogP contribution in [0.3, 0.4) is 0 Å². The molecule has 5 heteroatoms. The van der Waals surface area contributed by atoms with Crippen LogP contribution in [0.5, 0.6) is 0 Å². The Morgan fingerprint density at radius 3 is 2.64 bits per heavy atom. The molecule has 0 radical (unpaired) electrons. The summed E-state index contributed by atoms with van der Waals surface area (Å²) in [6.45, 7) is 5.11. The molecule has 28 heavy (non-hydrogen) atoms. The van der Waals surface area contributed by atoms with Crippen molar-refractivity contribution in [3.8, 4) is 0 Å². The van der Waals surface area contributed by atoms with Gasteiger partial charge in [-0.05, 0) is 61.7 Å². The quantitative estimate of drug-likeness (QED) is 0.459. The Morgan fingerprint density at radius 2 is 2.00 bits per heavy atom. The topological polar surface area (TPSA) is 27.7 Å². The Morgan fingerprint density at radius 1 is 1.14 bits per heavy atom. The first kappa shape index (κ1) is 20.8. The summed E-state index contributed by atoms with van der Waals surface area (Å²) in [6.07, 6.45) is 12.4. The second-order valence-corrected chi connectivity index (χ2v) is 7.63. The largest absolute Gasteiger partial charge is 0.498 e. The minimum absolute atomic E-state index is 0.0939. The van der Waals surface area contributed by atoms with E-state index < -0.39 is 11.7 Å². The first-order valence-electron chi connectivity index (χ1n) is 10.2. The number of ether oxygens (including phenoxy) is 3. The fourth-order valence-corrected chi connectivity index (χ4v) is 3.97. The summed E-state index contributed by atoms with van der Waals surface area (Å²) < 4.78 is 45.0. The molecule has 1 heterocycles. The van der Waals surface area contributed by atoms with Crippen LogP contribution < -0.4 is 0 Å². The average molecular weight is 392 g/mol. The van der Waals surface area contributed by atoms with E-state index in [0.717, 1.165) is 37.2 Å². The van der Waals surface area contributed by atoms with Gasteiger partial charge in [-0.2, -0.15) is 0 Å². The molecule has 2 unspecified atom stereocenters. The number of halogens is 2. The number of hydrogen-bond acceptors (Lipinski definition) is 3. The van der Waals surface area contributed by atoms with Gasteiger partial charge in [0.2, 0.25) is 0 Å². The fraction of sp³-hybridized carbons (Fsp3) is 0.565. The Bertz CT molecular complexity index is 695. The maximum atomic E-state index is 14.3. The lowest BCUT2D eigenvalue weighted by Crippen LogP contribution is -2.29. The Kier molecular flexibility index (Phi) is 7.49. The van der Waals surface area contributed by atoms with E-state index in [1.54, 1.807) is 0 Å². The normalized spacial score (nSPS) is 26.0. The van der Waals surface area contributed by atoms with Crippen LogP contribution in [0.1, 0.15) is 51.4 Å². The van der Waals surface area contributed by atoms with Crippen molar-refractivity contribution < 1.29 is 23.0 Å². The highest BCUT2D eigenvalue weighted by Gasteiger charge is 2.26. The zero-order chi connectivity index (χ0) is 19.9. The molecule has 1 aliphatic heterocycles. The molecule has 0 aromatic carbocycles. The second-order valence-electron chi connectivity index (χ2n) is 7.63. The molecular formula is C23H30F2O3. The second kappa shape index (κ2) is 10.1. The van der Waals surface area contributed by atoms with Crippen molar-refractivity contribution in [2.24, 2.45) is 5.92 Å². The molecule has 0 N–H and O–H groups in total. The van der Waals surface area contributed by atoms with Crippen molar-refractivity contribution in [3.63, 3.8) is 0 Å². The van der Waals surface area contributed by atoms with E-state index in [-0.39, 0.29) is 11.9 Å². The van der Waals surface area contributed by atoms with Crippen molar-refractivity contribution in [2.45, 2.75) is 57.5 Å². The monoisotopic (exact) mass is 392 g/mol. The maximum Gasteiger partial charge on any atom is 0.196 e. The summed E-state index contributed by atoms with van der Waals surface area (Å²) in [4.78, 5) is 0. The zero-order valence-corrected chi connectivity index (χ0v) is 16.6. The third-order valence-electron chi connectivity index (χ3n) is 5.75. The first-order valence-corrected chi connectivity index (χ1v) is 10.2. The van der Waals surface area contributed by atoms with E-state index >= 15 is 0 Å². The minimum Gasteiger partial charge on any atom is -0.498 e. The Balaban J connectivity index is 1.50. The number of allylic oxidation sites excluding steroid dienone is 9. The highest BCUT2D eigenvalue weighted by Crippen LogP contribution is 2.38. The van der Waals surface area contributed by atoms with Crippen molar-refractivity contribution in [3.05, 3.63) is 59.1 Å². The Labute approximate surface area is 166 Å². The van der Waals surface area contributed by atoms with E-state index in [1.165, 1.54) is 13.5 Å². The van der Waals surface area contributed by atoms with Crippen LogP contribution >= 0.6 is 0 Å². The molecule has 2 aliphatic carbocycles. The molecule has 0 aromatic heterocycles. The van der Waals surface area contributed by atoms with Crippen molar-refractivity contribution in [2.75, 3.05) is 20.3 Å². The number of rotatable bonds is 8. The smallest absolute Gasteiger partial charge is 0.196 e. The lowest BCUT2D eigenvalue weighted by atomic mass is 9.89. The van der Waals surface area contributed by atoms with Gasteiger partial charge >= 0.3 is 0 Å². The van der Waals surface area contributed by atoms with Crippen molar-refractivity contribution in [1.82, 2.24) is 0 Å². The van der Waals surface area contributed by atoms with Crippen LogP contribution in [0.25, 0.3) is 0 Å². The lowest BCUT2D eigenvalue weighted by Gasteiger charge is -2.29. The van der Waals surface area contributed by atoms with Gasteiger partial charge in [-0.3, -0.25) is 0 Å². The molecule has 154 valence electrons. The standard InChI is InChI=1S/C23H30F2O3/c1-3-4-5-16-6-9-19(27-14-16)15-28-18-10-7-17(8-11-18)20-12-13-21(26-2)23(25)22(20)24/h3,7,10,16,19H,1,4-6,8-9,11-15H2,2H3. The van der Waals surface area contributed by atoms with Crippen molar-refractivity contribution >= 4 is 0 Å². The minimum atomic E-state index is -0.864. The van der Waals surface area contributed by atoms with Crippen LogP contribution in [0.4, 0.5) is 8.78 Å².